The molecular weight excluding hydrogens is 318 g/mol. The summed E-state index contributed by atoms with van der Waals surface area (Å²) in [7, 11) is 0. The maximum Gasteiger partial charge on any atom is 0.222 e. The third-order valence-corrected chi connectivity index (χ3v) is 4.27. The van der Waals surface area contributed by atoms with Gasteiger partial charge in [-0.1, -0.05) is 6.07 Å². The van der Waals surface area contributed by atoms with E-state index in [0.717, 1.165) is 17.0 Å². The highest BCUT2D eigenvalue weighted by molar-refractivity contribution is 5.75. The third-order valence-electron chi connectivity index (χ3n) is 4.27. The molecule has 3 heterocycles. The second-order valence-corrected chi connectivity index (χ2v) is 5.87. The van der Waals surface area contributed by atoms with Gasteiger partial charge in [0, 0.05) is 37.0 Å². The highest BCUT2D eigenvalue weighted by Gasteiger charge is 2.11. The molecule has 0 fully saturated rings. The molecule has 3 aromatic rings. The van der Waals surface area contributed by atoms with Gasteiger partial charge in [-0.15, -0.1) is 0 Å². The van der Waals surface area contributed by atoms with Crippen molar-refractivity contribution in [3.8, 4) is 5.82 Å². The van der Waals surface area contributed by atoms with Gasteiger partial charge >= 0.3 is 0 Å². The van der Waals surface area contributed by atoms with Crippen LogP contribution >= 0.6 is 0 Å². The summed E-state index contributed by atoms with van der Waals surface area (Å²) < 4.78 is 3.47. The summed E-state index contributed by atoms with van der Waals surface area (Å²) >= 11 is 0. The van der Waals surface area contributed by atoms with Crippen molar-refractivity contribution in [3.05, 3.63) is 53.5 Å². The lowest BCUT2D eigenvalue weighted by Crippen LogP contribution is -2.25. The summed E-state index contributed by atoms with van der Waals surface area (Å²) in [5.41, 5.74) is 4.16. The second-order valence-electron chi connectivity index (χ2n) is 5.87. The van der Waals surface area contributed by atoms with E-state index in [-0.39, 0.29) is 5.91 Å². The number of carbonyl (C=O) groups is 1. The van der Waals surface area contributed by atoms with Gasteiger partial charge in [0.25, 0.3) is 0 Å². The smallest absolute Gasteiger partial charge is 0.222 e. The number of hydrogen-bond donors (Lipinski definition) is 1. The van der Waals surface area contributed by atoms with Gasteiger partial charge in [-0.2, -0.15) is 10.2 Å². The summed E-state index contributed by atoms with van der Waals surface area (Å²) in [6.45, 7) is 7.00. The van der Waals surface area contributed by atoms with E-state index in [2.05, 4.69) is 25.5 Å². The van der Waals surface area contributed by atoms with Crippen LogP contribution in [0.5, 0.6) is 0 Å². The van der Waals surface area contributed by atoms with Crippen LogP contribution in [0.4, 0.5) is 0 Å². The maximum absolute atomic E-state index is 12.2. The van der Waals surface area contributed by atoms with E-state index in [1.54, 1.807) is 17.2 Å². The molecule has 3 rings (SSSR count). The summed E-state index contributed by atoms with van der Waals surface area (Å²) in [5, 5.41) is 11.5. The van der Waals surface area contributed by atoms with Gasteiger partial charge in [0.15, 0.2) is 5.82 Å². The summed E-state index contributed by atoms with van der Waals surface area (Å²) in [6, 6.07) is 3.75. The van der Waals surface area contributed by atoms with Crippen molar-refractivity contribution < 1.29 is 4.79 Å². The Balaban J connectivity index is 1.59. The van der Waals surface area contributed by atoms with Gasteiger partial charge in [-0.05, 0) is 32.4 Å². The minimum atomic E-state index is -0.0291. The Morgan fingerprint density at radius 2 is 2.12 bits per heavy atom. The van der Waals surface area contributed by atoms with Crippen LogP contribution in [0.1, 0.15) is 28.9 Å². The summed E-state index contributed by atoms with van der Waals surface area (Å²) in [4.78, 5) is 20.4. The molecule has 0 unspecified atom stereocenters. The molecule has 0 aliphatic carbocycles. The first-order valence-electron chi connectivity index (χ1n) is 8.12. The normalized spacial score (nSPS) is 10.8. The van der Waals surface area contributed by atoms with Gasteiger partial charge in [-0.3, -0.25) is 9.48 Å². The Kier molecular flexibility index (Phi) is 4.87. The predicted molar refractivity (Wildman–Crippen MR) is 92.1 cm³/mol. The van der Waals surface area contributed by atoms with Crippen molar-refractivity contribution in [2.75, 3.05) is 0 Å². The first kappa shape index (κ1) is 16.8. The van der Waals surface area contributed by atoms with E-state index in [1.807, 2.05) is 37.6 Å². The molecule has 0 spiro atoms. The zero-order valence-corrected chi connectivity index (χ0v) is 14.6. The number of hydrogen-bond acceptors (Lipinski definition) is 5. The average molecular weight is 339 g/mol. The number of pyridine rings is 1. The number of carbonyl (C=O) groups excluding carboxylic acids is 1. The summed E-state index contributed by atoms with van der Waals surface area (Å²) in [6.07, 6.45) is 5.10. The minimum Gasteiger partial charge on any atom is -0.352 e. The van der Waals surface area contributed by atoms with Gasteiger partial charge < -0.3 is 5.32 Å². The first-order valence-corrected chi connectivity index (χ1v) is 8.12. The molecule has 0 aromatic carbocycles. The van der Waals surface area contributed by atoms with E-state index in [1.165, 1.54) is 11.9 Å². The minimum absolute atomic E-state index is 0.0291. The number of nitrogens with one attached hydrogen (secondary N) is 1. The summed E-state index contributed by atoms with van der Waals surface area (Å²) in [5.74, 6) is 0.632. The fourth-order valence-corrected chi connectivity index (χ4v) is 2.59. The van der Waals surface area contributed by atoms with E-state index in [0.29, 0.717) is 25.3 Å². The molecule has 0 radical (unpaired) electrons. The maximum atomic E-state index is 12.2. The Bertz CT molecular complexity index is 867. The Morgan fingerprint density at radius 3 is 2.80 bits per heavy atom. The lowest BCUT2D eigenvalue weighted by atomic mass is 10.2. The largest absolute Gasteiger partial charge is 0.352 e. The average Bonchev–Trinajstić information content (AvgIpc) is 3.23. The predicted octanol–water partition coefficient (Wildman–Crippen LogP) is 1.49. The zero-order chi connectivity index (χ0) is 17.8. The number of aromatic nitrogens is 6. The highest BCUT2D eigenvalue weighted by Crippen LogP contribution is 2.12. The number of amides is 1. The van der Waals surface area contributed by atoms with Crippen molar-refractivity contribution >= 4 is 5.91 Å². The number of nitrogens with zero attached hydrogens (tertiary/aromatic N) is 6. The van der Waals surface area contributed by atoms with Crippen LogP contribution in [0.2, 0.25) is 0 Å². The van der Waals surface area contributed by atoms with Crippen molar-refractivity contribution in [1.82, 2.24) is 34.8 Å². The van der Waals surface area contributed by atoms with Gasteiger partial charge in [-0.25, -0.2) is 14.6 Å². The van der Waals surface area contributed by atoms with Gasteiger partial charge in [0.05, 0.1) is 5.69 Å². The molecule has 3 aromatic heterocycles. The molecular formula is C17H21N7O. The lowest BCUT2D eigenvalue weighted by Gasteiger charge is -2.10. The van der Waals surface area contributed by atoms with Crippen molar-refractivity contribution in [1.29, 1.82) is 0 Å². The van der Waals surface area contributed by atoms with E-state index < -0.39 is 0 Å². The van der Waals surface area contributed by atoms with E-state index in [4.69, 9.17) is 0 Å². The molecule has 0 aliphatic rings. The molecule has 130 valence electrons. The molecule has 25 heavy (non-hydrogen) atoms. The van der Waals surface area contributed by atoms with E-state index >= 15 is 0 Å². The van der Waals surface area contributed by atoms with Crippen molar-refractivity contribution in [2.45, 2.75) is 40.3 Å². The molecule has 0 saturated carbocycles. The molecule has 1 amide bonds. The van der Waals surface area contributed by atoms with Crippen LogP contribution in [-0.4, -0.2) is 35.4 Å². The Labute approximate surface area is 145 Å². The molecule has 0 saturated heterocycles. The van der Waals surface area contributed by atoms with Crippen LogP contribution in [0.3, 0.4) is 0 Å². The Hall–Kier alpha value is -3.03. The molecule has 0 bridgehead atoms. The van der Waals surface area contributed by atoms with Crippen molar-refractivity contribution in [2.24, 2.45) is 0 Å². The SMILES string of the molecule is Cc1nn(CCC(=O)NCc2cccnc2-n2cncn2)c(C)c1C. The van der Waals surface area contributed by atoms with Crippen molar-refractivity contribution in [3.63, 3.8) is 0 Å². The Morgan fingerprint density at radius 1 is 1.28 bits per heavy atom. The molecule has 8 heteroatoms. The van der Waals surface area contributed by atoms with Crippen LogP contribution in [0, 0.1) is 20.8 Å². The van der Waals surface area contributed by atoms with Crippen LogP contribution in [0.25, 0.3) is 5.82 Å². The molecule has 8 nitrogen and oxygen atoms in total. The van der Waals surface area contributed by atoms with E-state index in [9.17, 15) is 4.79 Å². The second kappa shape index (κ2) is 7.25. The highest BCUT2D eigenvalue weighted by atomic mass is 16.1. The first-order chi connectivity index (χ1) is 12.1. The van der Waals surface area contributed by atoms with Gasteiger partial charge in [0.2, 0.25) is 5.91 Å². The third kappa shape index (κ3) is 3.73. The fourth-order valence-electron chi connectivity index (χ4n) is 2.59. The quantitative estimate of drug-likeness (QED) is 0.735. The standard InChI is InChI=1S/C17H21N7O/c1-12-13(2)22-23(14(12)3)8-6-16(25)20-9-15-5-4-7-19-17(15)24-11-18-10-21-24/h4-5,7,10-11H,6,8-9H2,1-3H3,(H,20,25). The molecule has 1 N–H and O–H groups in total. The van der Waals surface area contributed by atoms with Crippen LogP contribution in [-0.2, 0) is 17.9 Å². The number of rotatable bonds is 6. The number of aryl methyl sites for hydroxylation is 2. The molecule has 0 aliphatic heterocycles. The fraction of sp³-hybridized carbons (Fsp3) is 0.353. The zero-order valence-electron chi connectivity index (χ0n) is 14.6. The monoisotopic (exact) mass is 339 g/mol. The van der Waals surface area contributed by atoms with Gasteiger partial charge in [0.1, 0.15) is 12.7 Å². The lowest BCUT2D eigenvalue weighted by molar-refractivity contribution is -0.121. The van der Waals surface area contributed by atoms with Crippen LogP contribution in [0.15, 0.2) is 31.0 Å². The topological polar surface area (TPSA) is 90.5 Å². The molecule has 0 atom stereocenters. The van der Waals surface area contributed by atoms with Crippen LogP contribution < -0.4 is 5.32 Å².